The van der Waals surface area contributed by atoms with E-state index in [0.29, 0.717) is 5.75 Å². The minimum Gasteiger partial charge on any atom is -0.229 e. The van der Waals surface area contributed by atoms with Crippen LogP contribution in [-0.2, 0) is 9.84 Å². The first kappa shape index (κ1) is 14.5. The molecule has 0 amide bonds. The van der Waals surface area contributed by atoms with Crippen LogP contribution in [0.4, 0.5) is 0 Å². The van der Waals surface area contributed by atoms with Gasteiger partial charge in [0.1, 0.15) is 0 Å². The monoisotopic (exact) mass is 310 g/mol. The Morgan fingerprint density at radius 1 is 1.19 bits per heavy atom. The topological polar surface area (TPSA) is 34.1 Å². The molecule has 1 atom stereocenters. The normalized spacial score (nSPS) is 22.6. The van der Waals surface area contributed by atoms with Crippen molar-refractivity contribution >= 4 is 25.8 Å². The van der Waals surface area contributed by atoms with Crippen LogP contribution in [0.5, 0.6) is 0 Å². The van der Waals surface area contributed by atoms with Gasteiger partial charge < -0.3 is 0 Å². The molecule has 4 heteroatoms. The predicted octanol–water partition coefficient (Wildman–Crippen LogP) is 3.40. The van der Waals surface area contributed by atoms with E-state index in [1.807, 2.05) is 20.8 Å². The van der Waals surface area contributed by atoms with Crippen molar-refractivity contribution in [2.45, 2.75) is 51.7 Å². The minimum atomic E-state index is -2.94. The second-order valence-electron chi connectivity index (χ2n) is 5.60. The Bertz CT molecular complexity index is 316. The smallest absolute Gasteiger partial charge is 0.153 e. The molecule has 96 valence electrons. The summed E-state index contributed by atoms with van der Waals surface area (Å²) in [5.74, 6) is 0.573. The zero-order chi connectivity index (χ0) is 12.4. The highest BCUT2D eigenvalue weighted by atomic mass is 79.9. The molecule has 2 nitrogen and oxygen atoms in total. The number of hydrogen-bond acceptors (Lipinski definition) is 2. The molecule has 0 heterocycles. The van der Waals surface area contributed by atoms with Gasteiger partial charge in [-0.15, -0.1) is 0 Å². The highest BCUT2D eigenvalue weighted by molar-refractivity contribution is 9.09. The molecule has 1 aliphatic carbocycles. The molecule has 0 radical (unpaired) electrons. The van der Waals surface area contributed by atoms with E-state index < -0.39 is 9.84 Å². The Morgan fingerprint density at radius 2 is 1.69 bits per heavy atom. The molecule has 1 saturated carbocycles. The molecule has 0 aliphatic heterocycles. The van der Waals surface area contributed by atoms with Gasteiger partial charge in [-0.3, -0.25) is 0 Å². The Balaban J connectivity index is 2.78. The van der Waals surface area contributed by atoms with Crippen molar-refractivity contribution in [1.82, 2.24) is 0 Å². The third-order valence-electron chi connectivity index (χ3n) is 3.96. The van der Waals surface area contributed by atoms with Crippen molar-refractivity contribution in [3.63, 3.8) is 0 Å². The summed E-state index contributed by atoms with van der Waals surface area (Å²) < 4.78 is 24.5. The van der Waals surface area contributed by atoms with Crippen LogP contribution >= 0.6 is 15.9 Å². The van der Waals surface area contributed by atoms with Crippen LogP contribution in [-0.4, -0.2) is 24.8 Å². The first-order valence-electron chi connectivity index (χ1n) is 6.10. The van der Waals surface area contributed by atoms with Gasteiger partial charge in [-0.2, -0.15) is 0 Å². The molecular weight excluding hydrogens is 288 g/mol. The van der Waals surface area contributed by atoms with Gasteiger partial charge in [0, 0.05) is 5.33 Å². The fourth-order valence-electron chi connectivity index (χ4n) is 2.41. The summed E-state index contributed by atoms with van der Waals surface area (Å²) >= 11 is 3.51. The van der Waals surface area contributed by atoms with E-state index >= 15 is 0 Å². The van der Waals surface area contributed by atoms with Crippen LogP contribution in [0, 0.1) is 11.3 Å². The summed E-state index contributed by atoms with van der Waals surface area (Å²) in [5.41, 5.74) is 0.0159. The van der Waals surface area contributed by atoms with E-state index in [4.69, 9.17) is 0 Å². The average molecular weight is 311 g/mol. The van der Waals surface area contributed by atoms with Gasteiger partial charge in [-0.05, 0) is 31.1 Å². The Kier molecular flexibility index (Phi) is 4.88. The molecule has 1 unspecified atom stereocenters. The standard InChI is InChI=1S/C12H23BrO2S/c1-10(2)11(3)16(14,15)9-12(8-13)6-4-5-7-12/h10-11H,4-9H2,1-3H3. The van der Waals surface area contributed by atoms with Crippen molar-refractivity contribution in [2.24, 2.45) is 11.3 Å². The molecule has 0 spiro atoms. The van der Waals surface area contributed by atoms with E-state index in [0.717, 1.165) is 18.2 Å². The summed E-state index contributed by atoms with van der Waals surface area (Å²) in [6.45, 7) is 5.81. The number of sulfone groups is 1. The molecule has 0 aromatic heterocycles. The molecule has 1 fully saturated rings. The lowest BCUT2D eigenvalue weighted by Crippen LogP contribution is -2.35. The van der Waals surface area contributed by atoms with Crippen molar-refractivity contribution in [3.05, 3.63) is 0 Å². The van der Waals surface area contributed by atoms with Gasteiger partial charge in [-0.25, -0.2) is 8.42 Å². The summed E-state index contributed by atoms with van der Waals surface area (Å²) in [4.78, 5) is 0. The molecule has 1 aliphatic rings. The van der Waals surface area contributed by atoms with Crippen molar-refractivity contribution in [3.8, 4) is 0 Å². The predicted molar refractivity (Wildman–Crippen MR) is 72.8 cm³/mol. The van der Waals surface area contributed by atoms with Gasteiger partial charge in [0.2, 0.25) is 0 Å². The third kappa shape index (κ3) is 3.22. The van der Waals surface area contributed by atoms with E-state index in [1.54, 1.807) is 0 Å². The molecule has 1 rings (SSSR count). The Hall–Kier alpha value is 0.430. The number of halogens is 1. The van der Waals surface area contributed by atoms with Gasteiger partial charge in [0.05, 0.1) is 11.0 Å². The maximum absolute atomic E-state index is 12.3. The van der Waals surface area contributed by atoms with Crippen molar-refractivity contribution in [2.75, 3.05) is 11.1 Å². The van der Waals surface area contributed by atoms with Crippen LogP contribution in [0.1, 0.15) is 46.5 Å². The van der Waals surface area contributed by atoms with E-state index in [1.165, 1.54) is 12.8 Å². The lowest BCUT2D eigenvalue weighted by molar-refractivity contribution is 0.390. The van der Waals surface area contributed by atoms with Crippen molar-refractivity contribution in [1.29, 1.82) is 0 Å². The SMILES string of the molecule is CC(C)C(C)S(=O)(=O)CC1(CBr)CCCC1. The highest BCUT2D eigenvalue weighted by Crippen LogP contribution is 2.41. The quantitative estimate of drug-likeness (QED) is 0.729. The highest BCUT2D eigenvalue weighted by Gasteiger charge is 2.39. The molecule has 0 bridgehead atoms. The van der Waals surface area contributed by atoms with Crippen LogP contribution in [0.15, 0.2) is 0 Å². The molecule has 0 saturated heterocycles. The van der Waals surface area contributed by atoms with Gasteiger partial charge in [0.15, 0.2) is 9.84 Å². The third-order valence-corrected chi connectivity index (χ3v) is 7.84. The zero-order valence-corrected chi connectivity index (χ0v) is 12.9. The number of alkyl halides is 1. The Labute approximate surface area is 108 Å². The largest absolute Gasteiger partial charge is 0.229 e. The maximum atomic E-state index is 12.3. The summed E-state index contributed by atoms with van der Waals surface area (Å²) in [7, 11) is -2.94. The first-order valence-corrected chi connectivity index (χ1v) is 8.94. The Morgan fingerprint density at radius 3 is 2.06 bits per heavy atom. The summed E-state index contributed by atoms with van der Waals surface area (Å²) in [6.07, 6.45) is 4.47. The minimum absolute atomic E-state index is 0.0159. The second kappa shape index (κ2) is 5.38. The van der Waals surface area contributed by atoms with E-state index in [2.05, 4.69) is 15.9 Å². The first-order chi connectivity index (χ1) is 7.33. The summed E-state index contributed by atoms with van der Waals surface area (Å²) in [6, 6.07) is 0. The van der Waals surface area contributed by atoms with E-state index in [-0.39, 0.29) is 16.6 Å². The van der Waals surface area contributed by atoms with E-state index in [9.17, 15) is 8.42 Å². The van der Waals surface area contributed by atoms with Crippen LogP contribution in [0.25, 0.3) is 0 Å². The van der Waals surface area contributed by atoms with Crippen molar-refractivity contribution < 1.29 is 8.42 Å². The summed E-state index contributed by atoms with van der Waals surface area (Å²) in [5, 5.41) is 0.605. The van der Waals surface area contributed by atoms with Gasteiger partial charge in [-0.1, -0.05) is 42.6 Å². The zero-order valence-electron chi connectivity index (χ0n) is 10.5. The molecular formula is C12H23BrO2S. The maximum Gasteiger partial charge on any atom is 0.153 e. The number of rotatable bonds is 5. The molecule has 0 aromatic carbocycles. The average Bonchev–Trinajstić information content (AvgIpc) is 2.65. The fraction of sp³-hybridized carbons (Fsp3) is 1.00. The fourth-order valence-corrected chi connectivity index (χ4v) is 5.77. The van der Waals surface area contributed by atoms with Crippen LogP contribution in [0.3, 0.4) is 0 Å². The number of hydrogen-bond donors (Lipinski definition) is 0. The lowest BCUT2D eigenvalue weighted by atomic mass is 9.92. The van der Waals surface area contributed by atoms with Gasteiger partial charge >= 0.3 is 0 Å². The molecule has 16 heavy (non-hydrogen) atoms. The van der Waals surface area contributed by atoms with Crippen LogP contribution < -0.4 is 0 Å². The molecule has 0 aromatic rings. The second-order valence-corrected chi connectivity index (χ2v) is 8.52. The van der Waals surface area contributed by atoms with Crippen LogP contribution in [0.2, 0.25) is 0 Å². The van der Waals surface area contributed by atoms with Gasteiger partial charge in [0.25, 0.3) is 0 Å². The lowest BCUT2D eigenvalue weighted by Gasteiger charge is -2.28. The molecule has 0 N–H and O–H groups in total.